The molecule has 6 heteroatoms. The van der Waals surface area contributed by atoms with Gasteiger partial charge in [0, 0.05) is 38.4 Å². The molecule has 1 aromatic rings. The van der Waals surface area contributed by atoms with Crippen molar-refractivity contribution >= 4 is 23.2 Å². The number of hydrogen-bond acceptors (Lipinski definition) is 4. The number of nitrogens with zero attached hydrogens (tertiary/aromatic N) is 3. The highest BCUT2D eigenvalue weighted by Crippen LogP contribution is 2.37. The lowest BCUT2D eigenvalue weighted by molar-refractivity contribution is -0.129. The molecule has 0 bridgehead atoms. The quantitative estimate of drug-likeness (QED) is 0.782. The molecule has 2 aliphatic rings. The fourth-order valence-corrected chi connectivity index (χ4v) is 2.66. The smallest absolute Gasteiger partial charge is 0.260 e. The molecule has 1 aromatic carbocycles. The van der Waals surface area contributed by atoms with E-state index in [0.717, 1.165) is 12.2 Å². The SMILES string of the molecule is CN1CCN(c2ccc3c(c2)N(C)C(=O)C3O)CC1=O. The Morgan fingerprint density at radius 1 is 1.20 bits per heavy atom. The second kappa shape index (κ2) is 4.49. The minimum atomic E-state index is -1.07. The van der Waals surface area contributed by atoms with Gasteiger partial charge in [0.25, 0.3) is 5.91 Å². The van der Waals surface area contributed by atoms with Gasteiger partial charge in [0.15, 0.2) is 6.10 Å². The van der Waals surface area contributed by atoms with Gasteiger partial charge in [-0.15, -0.1) is 0 Å². The summed E-state index contributed by atoms with van der Waals surface area (Å²) in [5.41, 5.74) is 2.24. The van der Waals surface area contributed by atoms with Gasteiger partial charge in [-0.2, -0.15) is 0 Å². The fraction of sp³-hybridized carbons (Fsp3) is 0.429. The van der Waals surface area contributed by atoms with Crippen LogP contribution < -0.4 is 9.80 Å². The van der Waals surface area contributed by atoms with Crippen LogP contribution in [0.4, 0.5) is 11.4 Å². The van der Waals surface area contributed by atoms with Crippen LogP contribution >= 0.6 is 0 Å². The Morgan fingerprint density at radius 2 is 1.95 bits per heavy atom. The highest BCUT2D eigenvalue weighted by atomic mass is 16.3. The summed E-state index contributed by atoms with van der Waals surface area (Å²) >= 11 is 0. The number of piperazine rings is 1. The van der Waals surface area contributed by atoms with E-state index in [4.69, 9.17) is 0 Å². The number of anilines is 2. The molecular formula is C14H17N3O3. The Bertz CT molecular complexity index is 587. The van der Waals surface area contributed by atoms with Crippen molar-refractivity contribution in [3.05, 3.63) is 23.8 Å². The molecule has 0 saturated carbocycles. The highest BCUT2D eigenvalue weighted by Gasteiger charge is 2.34. The maximum atomic E-state index is 11.8. The minimum absolute atomic E-state index is 0.0845. The molecule has 1 fully saturated rings. The van der Waals surface area contributed by atoms with Crippen molar-refractivity contribution in [1.29, 1.82) is 0 Å². The zero-order valence-electron chi connectivity index (χ0n) is 11.5. The van der Waals surface area contributed by atoms with Gasteiger partial charge in [-0.05, 0) is 12.1 Å². The number of carbonyl (C=O) groups is 2. The number of fused-ring (bicyclic) bond motifs is 1. The van der Waals surface area contributed by atoms with Gasteiger partial charge in [0.2, 0.25) is 5.91 Å². The summed E-state index contributed by atoms with van der Waals surface area (Å²) in [5.74, 6) is -0.229. The van der Waals surface area contributed by atoms with Crippen LogP contribution in [-0.2, 0) is 9.59 Å². The zero-order chi connectivity index (χ0) is 14.4. The molecule has 1 unspecified atom stereocenters. The molecule has 6 nitrogen and oxygen atoms in total. The van der Waals surface area contributed by atoms with Crippen molar-refractivity contribution in [3.8, 4) is 0 Å². The first-order valence-corrected chi connectivity index (χ1v) is 6.57. The Hall–Kier alpha value is -2.08. The Balaban J connectivity index is 1.91. The van der Waals surface area contributed by atoms with E-state index in [1.807, 2.05) is 17.0 Å². The summed E-state index contributed by atoms with van der Waals surface area (Å²) in [4.78, 5) is 28.7. The van der Waals surface area contributed by atoms with Gasteiger partial charge < -0.3 is 19.8 Å². The Labute approximate surface area is 117 Å². The lowest BCUT2D eigenvalue weighted by Crippen LogP contribution is -2.48. The number of rotatable bonds is 1. The van der Waals surface area contributed by atoms with Crippen LogP contribution in [-0.4, -0.2) is 55.6 Å². The lowest BCUT2D eigenvalue weighted by Gasteiger charge is -2.33. The first kappa shape index (κ1) is 12.9. The lowest BCUT2D eigenvalue weighted by atomic mass is 10.1. The maximum absolute atomic E-state index is 11.8. The van der Waals surface area contributed by atoms with Crippen molar-refractivity contribution < 1.29 is 14.7 Å². The average molecular weight is 275 g/mol. The van der Waals surface area contributed by atoms with Crippen molar-refractivity contribution in [2.24, 2.45) is 0 Å². The molecule has 0 aliphatic carbocycles. The molecule has 1 saturated heterocycles. The van der Waals surface area contributed by atoms with Crippen molar-refractivity contribution in [3.63, 3.8) is 0 Å². The molecule has 0 radical (unpaired) electrons. The van der Waals surface area contributed by atoms with Crippen LogP contribution in [0.3, 0.4) is 0 Å². The van der Waals surface area contributed by atoms with Crippen molar-refractivity contribution in [1.82, 2.24) is 4.90 Å². The van der Waals surface area contributed by atoms with Gasteiger partial charge in [-0.1, -0.05) is 6.07 Å². The number of likely N-dealkylation sites (N-methyl/N-ethyl adjacent to an activating group) is 2. The van der Waals surface area contributed by atoms with Crippen LogP contribution in [0.2, 0.25) is 0 Å². The molecule has 2 aliphatic heterocycles. The summed E-state index contributed by atoms with van der Waals surface area (Å²) in [5, 5.41) is 9.83. The molecule has 20 heavy (non-hydrogen) atoms. The topological polar surface area (TPSA) is 64.1 Å². The van der Waals surface area contributed by atoms with Gasteiger partial charge >= 0.3 is 0 Å². The summed E-state index contributed by atoms with van der Waals surface area (Å²) in [6.45, 7) is 1.80. The highest BCUT2D eigenvalue weighted by molar-refractivity contribution is 6.04. The predicted octanol–water partition coefficient (Wildman–Crippen LogP) is -0.0252. The van der Waals surface area contributed by atoms with Crippen LogP contribution in [0.1, 0.15) is 11.7 Å². The fourth-order valence-electron chi connectivity index (χ4n) is 2.66. The maximum Gasteiger partial charge on any atom is 0.260 e. The molecule has 1 atom stereocenters. The Kier molecular flexibility index (Phi) is 2.90. The third-order valence-electron chi connectivity index (χ3n) is 4.06. The van der Waals surface area contributed by atoms with E-state index in [1.54, 1.807) is 25.1 Å². The second-order valence-electron chi connectivity index (χ2n) is 5.28. The summed E-state index contributed by atoms with van der Waals surface area (Å²) in [6, 6.07) is 5.48. The first-order valence-electron chi connectivity index (χ1n) is 6.57. The molecule has 2 heterocycles. The van der Waals surface area contributed by atoms with Crippen LogP contribution in [0.25, 0.3) is 0 Å². The predicted molar refractivity (Wildman–Crippen MR) is 74.7 cm³/mol. The number of benzene rings is 1. The van der Waals surface area contributed by atoms with Gasteiger partial charge in [0.1, 0.15) is 0 Å². The minimum Gasteiger partial charge on any atom is -0.378 e. The van der Waals surface area contributed by atoms with E-state index in [1.165, 1.54) is 4.90 Å². The zero-order valence-corrected chi connectivity index (χ0v) is 11.5. The normalized spacial score (nSPS) is 22.6. The van der Waals surface area contributed by atoms with E-state index < -0.39 is 6.10 Å². The summed E-state index contributed by atoms with van der Waals surface area (Å²) in [7, 11) is 3.45. The summed E-state index contributed by atoms with van der Waals surface area (Å²) in [6.07, 6.45) is -1.07. The van der Waals surface area contributed by atoms with Crippen LogP contribution in [0.15, 0.2) is 18.2 Å². The van der Waals surface area contributed by atoms with E-state index >= 15 is 0 Å². The number of aliphatic hydroxyl groups is 1. The van der Waals surface area contributed by atoms with Crippen molar-refractivity contribution in [2.45, 2.75) is 6.10 Å². The van der Waals surface area contributed by atoms with Crippen LogP contribution in [0.5, 0.6) is 0 Å². The number of amides is 2. The van der Waals surface area contributed by atoms with E-state index in [-0.39, 0.29) is 11.8 Å². The van der Waals surface area contributed by atoms with Crippen LogP contribution in [0, 0.1) is 0 Å². The summed E-state index contributed by atoms with van der Waals surface area (Å²) < 4.78 is 0. The van der Waals surface area contributed by atoms with E-state index in [9.17, 15) is 14.7 Å². The molecule has 3 rings (SSSR count). The molecule has 1 N–H and O–H groups in total. The third-order valence-corrected chi connectivity index (χ3v) is 4.06. The van der Waals surface area contributed by atoms with Gasteiger partial charge in [-0.3, -0.25) is 9.59 Å². The largest absolute Gasteiger partial charge is 0.378 e. The molecular weight excluding hydrogens is 258 g/mol. The number of hydrogen-bond donors (Lipinski definition) is 1. The molecule has 0 aromatic heterocycles. The Morgan fingerprint density at radius 3 is 2.65 bits per heavy atom. The first-order chi connectivity index (χ1) is 9.49. The van der Waals surface area contributed by atoms with E-state index in [0.29, 0.717) is 24.3 Å². The standard InChI is InChI=1S/C14H17N3O3/c1-15-5-6-17(8-12(15)18)9-3-4-10-11(7-9)16(2)14(20)13(10)19/h3-4,7,13,19H,5-6,8H2,1-2H3. The molecule has 0 spiro atoms. The second-order valence-corrected chi connectivity index (χ2v) is 5.28. The average Bonchev–Trinajstić information content (AvgIpc) is 2.66. The number of aliphatic hydroxyl groups excluding tert-OH is 1. The molecule has 106 valence electrons. The monoisotopic (exact) mass is 275 g/mol. The third kappa shape index (κ3) is 1.84. The number of carbonyl (C=O) groups excluding carboxylic acids is 2. The van der Waals surface area contributed by atoms with Gasteiger partial charge in [-0.25, -0.2) is 0 Å². The molecule has 2 amide bonds. The van der Waals surface area contributed by atoms with Crippen molar-refractivity contribution in [2.75, 3.05) is 43.5 Å². The van der Waals surface area contributed by atoms with E-state index in [2.05, 4.69) is 0 Å². The van der Waals surface area contributed by atoms with Gasteiger partial charge in [0.05, 0.1) is 12.2 Å².